The van der Waals surface area contributed by atoms with Crippen molar-refractivity contribution < 1.29 is 9.47 Å². The lowest BCUT2D eigenvalue weighted by Crippen LogP contribution is -2.29. The molecular formula is C17H25NO2. The fourth-order valence-electron chi connectivity index (χ4n) is 3.07. The first-order valence-electron chi connectivity index (χ1n) is 7.90. The third-order valence-corrected chi connectivity index (χ3v) is 4.58. The minimum Gasteiger partial charge on any atom is -0.493 e. The SMILES string of the molecule is COc1cccc(CC2CCNCC2)c1OC1CCC1. The van der Waals surface area contributed by atoms with Gasteiger partial charge in [0.1, 0.15) is 0 Å². The van der Waals surface area contributed by atoms with E-state index >= 15 is 0 Å². The van der Waals surface area contributed by atoms with E-state index < -0.39 is 0 Å². The van der Waals surface area contributed by atoms with E-state index in [1.165, 1.54) is 37.7 Å². The van der Waals surface area contributed by atoms with Crippen molar-refractivity contribution in [1.29, 1.82) is 0 Å². The first kappa shape index (κ1) is 13.7. The molecule has 1 aliphatic heterocycles. The van der Waals surface area contributed by atoms with Crippen LogP contribution in [-0.4, -0.2) is 26.3 Å². The topological polar surface area (TPSA) is 30.5 Å². The Balaban J connectivity index is 1.76. The molecular weight excluding hydrogens is 250 g/mol. The van der Waals surface area contributed by atoms with Crippen LogP contribution < -0.4 is 14.8 Å². The third-order valence-electron chi connectivity index (χ3n) is 4.58. The molecule has 0 atom stereocenters. The standard InChI is InChI=1S/C17H25NO2/c1-19-16-7-2-4-14(12-13-8-10-18-11-9-13)17(16)20-15-5-3-6-15/h2,4,7,13,15,18H,3,5-6,8-12H2,1H3. The van der Waals surface area contributed by atoms with Crippen molar-refractivity contribution in [3.63, 3.8) is 0 Å². The molecule has 1 heterocycles. The maximum Gasteiger partial charge on any atom is 0.164 e. The molecule has 0 radical (unpaired) electrons. The summed E-state index contributed by atoms with van der Waals surface area (Å²) >= 11 is 0. The number of hydrogen-bond acceptors (Lipinski definition) is 3. The van der Waals surface area contributed by atoms with E-state index in [-0.39, 0.29) is 0 Å². The first-order valence-corrected chi connectivity index (χ1v) is 7.90. The van der Waals surface area contributed by atoms with Crippen LogP contribution in [0.15, 0.2) is 18.2 Å². The molecule has 2 aliphatic rings. The van der Waals surface area contributed by atoms with E-state index in [9.17, 15) is 0 Å². The second-order valence-corrected chi connectivity index (χ2v) is 6.02. The molecule has 0 bridgehead atoms. The molecule has 3 heteroatoms. The summed E-state index contributed by atoms with van der Waals surface area (Å²) in [5, 5.41) is 3.43. The van der Waals surface area contributed by atoms with Crippen LogP contribution in [0.4, 0.5) is 0 Å². The van der Waals surface area contributed by atoms with Crippen molar-refractivity contribution in [1.82, 2.24) is 5.32 Å². The highest BCUT2D eigenvalue weighted by Crippen LogP contribution is 2.37. The smallest absolute Gasteiger partial charge is 0.164 e. The van der Waals surface area contributed by atoms with Gasteiger partial charge in [-0.15, -0.1) is 0 Å². The second-order valence-electron chi connectivity index (χ2n) is 6.02. The molecule has 1 saturated heterocycles. The molecule has 3 rings (SSSR count). The Morgan fingerprint density at radius 3 is 2.60 bits per heavy atom. The maximum atomic E-state index is 6.20. The zero-order valence-electron chi connectivity index (χ0n) is 12.4. The summed E-state index contributed by atoms with van der Waals surface area (Å²) in [5.41, 5.74) is 1.32. The van der Waals surface area contributed by atoms with Crippen molar-refractivity contribution in [2.75, 3.05) is 20.2 Å². The number of ether oxygens (including phenoxy) is 2. The van der Waals surface area contributed by atoms with E-state index in [4.69, 9.17) is 9.47 Å². The molecule has 0 unspecified atom stereocenters. The third kappa shape index (κ3) is 3.09. The van der Waals surface area contributed by atoms with Gasteiger partial charge in [-0.05, 0) is 69.2 Å². The summed E-state index contributed by atoms with van der Waals surface area (Å²) in [5.74, 6) is 2.66. The Kier molecular flexibility index (Phi) is 4.46. The molecule has 2 fully saturated rings. The monoisotopic (exact) mass is 275 g/mol. The van der Waals surface area contributed by atoms with Gasteiger partial charge in [0.25, 0.3) is 0 Å². The van der Waals surface area contributed by atoms with Gasteiger partial charge in [0.2, 0.25) is 0 Å². The molecule has 1 saturated carbocycles. The van der Waals surface area contributed by atoms with Gasteiger partial charge in [-0.25, -0.2) is 0 Å². The lowest BCUT2D eigenvalue weighted by atomic mass is 9.90. The van der Waals surface area contributed by atoms with Crippen molar-refractivity contribution in [2.24, 2.45) is 5.92 Å². The van der Waals surface area contributed by atoms with Crippen LogP contribution in [-0.2, 0) is 6.42 Å². The lowest BCUT2D eigenvalue weighted by Gasteiger charge is -2.29. The molecule has 20 heavy (non-hydrogen) atoms. The normalized spacial score (nSPS) is 20.4. The van der Waals surface area contributed by atoms with E-state index in [1.807, 2.05) is 6.07 Å². The molecule has 1 N–H and O–H groups in total. The van der Waals surface area contributed by atoms with Crippen LogP contribution in [0.5, 0.6) is 11.5 Å². The highest BCUT2D eigenvalue weighted by atomic mass is 16.5. The molecule has 3 nitrogen and oxygen atoms in total. The molecule has 0 aromatic heterocycles. The van der Waals surface area contributed by atoms with Gasteiger partial charge < -0.3 is 14.8 Å². The van der Waals surface area contributed by atoms with Gasteiger partial charge in [-0.3, -0.25) is 0 Å². The highest BCUT2D eigenvalue weighted by molar-refractivity contribution is 5.47. The zero-order chi connectivity index (χ0) is 13.8. The molecule has 110 valence electrons. The number of rotatable bonds is 5. The predicted octanol–water partition coefficient (Wildman–Crippen LogP) is 3.17. The van der Waals surface area contributed by atoms with Crippen LogP contribution in [0.1, 0.15) is 37.7 Å². The van der Waals surface area contributed by atoms with E-state index in [0.29, 0.717) is 6.10 Å². The number of benzene rings is 1. The van der Waals surface area contributed by atoms with Crippen LogP contribution >= 0.6 is 0 Å². The number of para-hydroxylation sites is 1. The van der Waals surface area contributed by atoms with Crippen molar-refractivity contribution >= 4 is 0 Å². The zero-order valence-corrected chi connectivity index (χ0v) is 12.4. The van der Waals surface area contributed by atoms with Crippen molar-refractivity contribution in [3.05, 3.63) is 23.8 Å². The van der Waals surface area contributed by atoms with Gasteiger partial charge >= 0.3 is 0 Å². The fraction of sp³-hybridized carbons (Fsp3) is 0.647. The number of piperidine rings is 1. The molecule has 0 spiro atoms. The van der Waals surface area contributed by atoms with Crippen LogP contribution in [0, 0.1) is 5.92 Å². The molecule has 1 aliphatic carbocycles. The predicted molar refractivity (Wildman–Crippen MR) is 80.6 cm³/mol. The van der Waals surface area contributed by atoms with Gasteiger partial charge in [0, 0.05) is 0 Å². The van der Waals surface area contributed by atoms with Gasteiger partial charge in [0.15, 0.2) is 11.5 Å². The van der Waals surface area contributed by atoms with Crippen LogP contribution in [0.25, 0.3) is 0 Å². The lowest BCUT2D eigenvalue weighted by molar-refractivity contribution is 0.114. The van der Waals surface area contributed by atoms with E-state index in [0.717, 1.165) is 36.9 Å². The first-order chi connectivity index (χ1) is 9.86. The minimum absolute atomic E-state index is 0.401. The number of nitrogens with one attached hydrogen (secondary N) is 1. The Morgan fingerprint density at radius 1 is 1.15 bits per heavy atom. The average molecular weight is 275 g/mol. The van der Waals surface area contributed by atoms with Gasteiger partial charge in [-0.2, -0.15) is 0 Å². The van der Waals surface area contributed by atoms with Crippen LogP contribution in [0.3, 0.4) is 0 Å². The second kappa shape index (κ2) is 6.49. The molecule has 0 amide bonds. The van der Waals surface area contributed by atoms with Gasteiger partial charge in [0.05, 0.1) is 13.2 Å². The van der Waals surface area contributed by atoms with E-state index in [1.54, 1.807) is 7.11 Å². The minimum atomic E-state index is 0.401. The Hall–Kier alpha value is -1.22. The summed E-state index contributed by atoms with van der Waals surface area (Å²) in [6, 6.07) is 6.31. The number of methoxy groups -OCH3 is 1. The summed E-state index contributed by atoms with van der Waals surface area (Å²) in [7, 11) is 1.73. The number of hydrogen-bond donors (Lipinski definition) is 1. The average Bonchev–Trinajstić information content (AvgIpc) is 2.45. The largest absolute Gasteiger partial charge is 0.493 e. The quantitative estimate of drug-likeness (QED) is 0.895. The Bertz CT molecular complexity index is 437. The fourth-order valence-corrected chi connectivity index (χ4v) is 3.07. The Morgan fingerprint density at radius 2 is 1.95 bits per heavy atom. The maximum absolute atomic E-state index is 6.20. The summed E-state index contributed by atoms with van der Waals surface area (Å²) in [4.78, 5) is 0. The van der Waals surface area contributed by atoms with Crippen molar-refractivity contribution in [2.45, 2.75) is 44.6 Å². The highest BCUT2D eigenvalue weighted by Gasteiger charge is 2.24. The van der Waals surface area contributed by atoms with Gasteiger partial charge in [-0.1, -0.05) is 12.1 Å². The Labute approximate surface area is 121 Å². The van der Waals surface area contributed by atoms with Crippen LogP contribution in [0.2, 0.25) is 0 Å². The van der Waals surface area contributed by atoms with Crippen molar-refractivity contribution in [3.8, 4) is 11.5 Å². The molecule has 1 aromatic carbocycles. The summed E-state index contributed by atoms with van der Waals surface area (Å²) in [6.45, 7) is 2.29. The van der Waals surface area contributed by atoms with E-state index in [2.05, 4.69) is 17.4 Å². The summed E-state index contributed by atoms with van der Waals surface area (Å²) < 4.78 is 11.7. The summed E-state index contributed by atoms with van der Waals surface area (Å²) in [6.07, 6.45) is 7.71. The molecule has 1 aromatic rings.